The fourth-order valence-corrected chi connectivity index (χ4v) is 2.34. The van der Waals surface area contributed by atoms with E-state index < -0.39 is 0 Å². The Hall–Kier alpha value is -2.29. The van der Waals surface area contributed by atoms with Crippen LogP contribution in [0.5, 0.6) is 0 Å². The van der Waals surface area contributed by atoms with Gasteiger partial charge in [-0.15, -0.1) is 0 Å². The highest BCUT2D eigenvalue weighted by atomic mass is 15.2. The average Bonchev–Trinajstić information content (AvgIpc) is 2.83. The number of rotatable bonds is 2. The zero-order valence-electron chi connectivity index (χ0n) is 9.95. The first kappa shape index (κ1) is 10.8. The highest BCUT2D eigenvalue weighted by molar-refractivity contribution is 5.81. The average molecular weight is 237 g/mol. The van der Waals surface area contributed by atoms with Gasteiger partial charge in [-0.2, -0.15) is 0 Å². The van der Waals surface area contributed by atoms with Gasteiger partial charge < -0.3 is 11.1 Å². The summed E-state index contributed by atoms with van der Waals surface area (Å²) in [6.07, 6.45) is 0. The molecule has 90 valence electrons. The molecule has 0 aliphatic carbocycles. The third-order valence-corrected chi connectivity index (χ3v) is 3.20. The van der Waals surface area contributed by atoms with Crippen LogP contribution in [0.25, 0.3) is 0 Å². The topological polar surface area (TPSA) is 50.4 Å². The maximum atomic E-state index is 5.83. The molecular weight excluding hydrogens is 222 g/mol. The van der Waals surface area contributed by atoms with Crippen molar-refractivity contribution >= 4 is 5.96 Å². The molecule has 0 fully saturated rings. The summed E-state index contributed by atoms with van der Waals surface area (Å²) in [5, 5.41) is 3.25. The molecule has 3 rings (SSSR count). The van der Waals surface area contributed by atoms with Crippen LogP contribution in [-0.2, 0) is 0 Å². The standard InChI is InChI=1S/C15H15N3/c16-15-17-13(11-7-3-1-4-8-11)14(18-15)12-9-5-2-6-10-12/h1-10,13-14H,(H3,16,17,18). The van der Waals surface area contributed by atoms with Crippen molar-refractivity contribution < 1.29 is 0 Å². The van der Waals surface area contributed by atoms with Crippen LogP contribution in [0.3, 0.4) is 0 Å². The van der Waals surface area contributed by atoms with E-state index in [0.717, 1.165) is 0 Å². The van der Waals surface area contributed by atoms with Crippen LogP contribution < -0.4 is 11.1 Å². The zero-order chi connectivity index (χ0) is 12.4. The van der Waals surface area contributed by atoms with Crippen molar-refractivity contribution in [2.24, 2.45) is 10.7 Å². The summed E-state index contributed by atoms with van der Waals surface area (Å²) in [6, 6.07) is 20.7. The number of hydrogen-bond acceptors (Lipinski definition) is 3. The summed E-state index contributed by atoms with van der Waals surface area (Å²) >= 11 is 0. The Morgan fingerprint density at radius 3 is 2.00 bits per heavy atom. The Bertz CT molecular complexity index is 548. The Labute approximate surface area is 106 Å². The van der Waals surface area contributed by atoms with Crippen molar-refractivity contribution in [3.63, 3.8) is 0 Å². The SMILES string of the molecule is NC1=NC(c2ccccc2)C(c2ccccc2)N1. The van der Waals surface area contributed by atoms with E-state index in [0.29, 0.717) is 5.96 Å². The summed E-state index contributed by atoms with van der Waals surface area (Å²) in [5.74, 6) is 0.512. The van der Waals surface area contributed by atoms with Gasteiger partial charge in [0, 0.05) is 0 Å². The van der Waals surface area contributed by atoms with Gasteiger partial charge in [0.1, 0.15) is 6.04 Å². The molecule has 2 aromatic carbocycles. The molecule has 3 N–H and O–H groups in total. The third-order valence-electron chi connectivity index (χ3n) is 3.20. The minimum Gasteiger partial charge on any atom is -0.370 e. The number of nitrogens with one attached hydrogen (secondary N) is 1. The van der Waals surface area contributed by atoms with Crippen LogP contribution in [-0.4, -0.2) is 5.96 Å². The molecule has 0 saturated carbocycles. The van der Waals surface area contributed by atoms with Crippen LogP contribution in [0.2, 0.25) is 0 Å². The summed E-state index contributed by atoms with van der Waals surface area (Å²) in [7, 11) is 0. The van der Waals surface area contributed by atoms with E-state index >= 15 is 0 Å². The molecule has 0 amide bonds. The molecule has 1 aliphatic rings. The summed E-state index contributed by atoms with van der Waals surface area (Å²) < 4.78 is 0. The van der Waals surface area contributed by atoms with Gasteiger partial charge in [0.2, 0.25) is 0 Å². The van der Waals surface area contributed by atoms with Gasteiger partial charge >= 0.3 is 0 Å². The van der Waals surface area contributed by atoms with Crippen LogP contribution in [0, 0.1) is 0 Å². The van der Waals surface area contributed by atoms with Crippen LogP contribution in [0.15, 0.2) is 65.7 Å². The van der Waals surface area contributed by atoms with Crippen LogP contribution >= 0.6 is 0 Å². The molecule has 18 heavy (non-hydrogen) atoms. The minimum atomic E-state index is 0.0496. The Morgan fingerprint density at radius 2 is 1.39 bits per heavy atom. The van der Waals surface area contributed by atoms with Gasteiger partial charge in [-0.1, -0.05) is 60.7 Å². The van der Waals surface area contributed by atoms with Gasteiger partial charge in [-0.05, 0) is 11.1 Å². The second-order valence-electron chi connectivity index (χ2n) is 4.40. The van der Waals surface area contributed by atoms with E-state index in [4.69, 9.17) is 5.73 Å². The van der Waals surface area contributed by atoms with Gasteiger partial charge in [0.25, 0.3) is 0 Å². The van der Waals surface area contributed by atoms with Gasteiger partial charge in [0.15, 0.2) is 5.96 Å². The molecule has 1 aliphatic heterocycles. The molecule has 2 atom stereocenters. The first-order chi connectivity index (χ1) is 8.84. The molecule has 0 bridgehead atoms. The zero-order valence-corrected chi connectivity index (χ0v) is 9.95. The van der Waals surface area contributed by atoms with Crippen LogP contribution in [0.4, 0.5) is 0 Å². The third kappa shape index (κ3) is 1.95. The second-order valence-corrected chi connectivity index (χ2v) is 4.40. The number of nitrogens with two attached hydrogens (primary N) is 1. The molecule has 3 heteroatoms. The summed E-state index contributed by atoms with van der Waals surface area (Å²) in [4.78, 5) is 4.50. The number of benzene rings is 2. The van der Waals surface area contributed by atoms with Gasteiger partial charge in [0.05, 0.1) is 6.04 Å². The molecule has 0 radical (unpaired) electrons. The van der Waals surface area contributed by atoms with E-state index in [1.807, 2.05) is 36.4 Å². The first-order valence-corrected chi connectivity index (χ1v) is 6.04. The molecule has 3 nitrogen and oxygen atoms in total. The molecule has 0 aromatic heterocycles. The number of nitrogens with zero attached hydrogens (tertiary/aromatic N) is 1. The van der Waals surface area contributed by atoms with Crippen LogP contribution in [0.1, 0.15) is 23.2 Å². The largest absolute Gasteiger partial charge is 0.370 e. The van der Waals surface area contributed by atoms with Gasteiger partial charge in [-0.25, -0.2) is 4.99 Å². The Kier molecular flexibility index (Phi) is 2.73. The number of aliphatic imine (C=N–C) groups is 1. The fourth-order valence-electron chi connectivity index (χ4n) is 2.34. The van der Waals surface area contributed by atoms with Gasteiger partial charge in [-0.3, -0.25) is 0 Å². The highest BCUT2D eigenvalue weighted by Crippen LogP contribution is 2.34. The second kappa shape index (κ2) is 4.53. The van der Waals surface area contributed by atoms with Crippen molar-refractivity contribution in [3.8, 4) is 0 Å². The van der Waals surface area contributed by atoms with Crippen molar-refractivity contribution in [2.75, 3.05) is 0 Å². The summed E-state index contributed by atoms with van der Waals surface area (Å²) in [5.41, 5.74) is 8.21. The first-order valence-electron chi connectivity index (χ1n) is 6.04. The quantitative estimate of drug-likeness (QED) is 0.842. The van der Waals surface area contributed by atoms with E-state index in [1.54, 1.807) is 0 Å². The van der Waals surface area contributed by atoms with Crippen molar-refractivity contribution in [1.82, 2.24) is 5.32 Å². The smallest absolute Gasteiger partial charge is 0.189 e. The van der Waals surface area contributed by atoms with E-state index in [-0.39, 0.29) is 12.1 Å². The lowest BCUT2D eigenvalue weighted by Gasteiger charge is -2.19. The molecule has 0 spiro atoms. The predicted molar refractivity (Wildman–Crippen MR) is 73.1 cm³/mol. The predicted octanol–water partition coefficient (Wildman–Crippen LogP) is 2.39. The molecule has 2 unspecified atom stereocenters. The van der Waals surface area contributed by atoms with E-state index in [2.05, 4.69) is 34.6 Å². The molecule has 0 saturated heterocycles. The van der Waals surface area contributed by atoms with E-state index in [1.165, 1.54) is 11.1 Å². The van der Waals surface area contributed by atoms with Crippen molar-refractivity contribution in [2.45, 2.75) is 12.1 Å². The highest BCUT2D eigenvalue weighted by Gasteiger charge is 2.29. The normalized spacial score (nSPS) is 22.3. The Balaban J connectivity index is 1.97. The molecule has 1 heterocycles. The monoisotopic (exact) mass is 237 g/mol. The maximum absolute atomic E-state index is 5.83. The summed E-state index contributed by atoms with van der Waals surface area (Å²) in [6.45, 7) is 0. The minimum absolute atomic E-state index is 0.0496. The molecular formula is C15H15N3. The van der Waals surface area contributed by atoms with Crippen molar-refractivity contribution in [1.29, 1.82) is 0 Å². The number of guanidine groups is 1. The molecule has 2 aromatic rings. The van der Waals surface area contributed by atoms with E-state index in [9.17, 15) is 0 Å². The van der Waals surface area contributed by atoms with Crippen molar-refractivity contribution in [3.05, 3.63) is 71.8 Å². The Morgan fingerprint density at radius 1 is 0.833 bits per heavy atom. The number of hydrogen-bond donors (Lipinski definition) is 2. The lowest BCUT2D eigenvalue weighted by atomic mass is 9.95. The fraction of sp³-hybridized carbons (Fsp3) is 0.133. The lowest BCUT2D eigenvalue weighted by molar-refractivity contribution is 0.572. The lowest BCUT2D eigenvalue weighted by Crippen LogP contribution is -2.30. The maximum Gasteiger partial charge on any atom is 0.189 e.